The van der Waals surface area contributed by atoms with Crippen LogP contribution in [0.2, 0.25) is 0 Å². The van der Waals surface area contributed by atoms with E-state index in [0.717, 1.165) is 5.69 Å². The predicted molar refractivity (Wildman–Crippen MR) is 68.6 cm³/mol. The quantitative estimate of drug-likeness (QED) is 0.775. The van der Waals surface area contributed by atoms with Gasteiger partial charge < -0.3 is 15.8 Å². The zero-order valence-electron chi connectivity index (χ0n) is 10.4. The summed E-state index contributed by atoms with van der Waals surface area (Å²) in [6.07, 6.45) is 0. The Morgan fingerprint density at radius 1 is 1.31 bits per heavy atom. The Morgan fingerprint density at radius 2 is 1.94 bits per heavy atom. The molecule has 0 amide bonds. The molecule has 3 N–H and O–H groups in total. The van der Waals surface area contributed by atoms with E-state index in [1.165, 1.54) is 0 Å². The molecule has 0 spiro atoms. The molecule has 0 heterocycles. The SMILES string of the molecule is COCC(CN)(Nc1ccccc1)C(C)C. The van der Waals surface area contributed by atoms with Gasteiger partial charge in [0.2, 0.25) is 0 Å². The summed E-state index contributed by atoms with van der Waals surface area (Å²) in [6, 6.07) is 10.1. The molecule has 1 aromatic carbocycles. The van der Waals surface area contributed by atoms with Crippen molar-refractivity contribution in [2.24, 2.45) is 11.7 Å². The van der Waals surface area contributed by atoms with Gasteiger partial charge in [-0.15, -0.1) is 0 Å². The highest BCUT2D eigenvalue weighted by Gasteiger charge is 2.32. The van der Waals surface area contributed by atoms with Gasteiger partial charge in [-0.05, 0) is 18.1 Å². The number of nitrogens with two attached hydrogens (primary N) is 1. The monoisotopic (exact) mass is 222 g/mol. The molecular weight excluding hydrogens is 200 g/mol. The molecule has 0 saturated carbocycles. The maximum absolute atomic E-state index is 5.90. The van der Waals surface area contributed by atoms with Crippen LogP contribution in [0.5, 0.6) is 0 Å². The third-order valence-corrected chi connectivity index (χ3v) is 3.04. The van der Waals surface area contributed by atoms with Crippen LogP contribution in [0.15, 0.2) is 30.3 Å². The summed E-state index contributed by atoms with van der Waals surface area (Å²) >= 11 is 0. The minimum atomic E-state index is -0.198. The van der Waals surface area contributed by atoms with Gasteiger partial charge in [-0.3, -0.25) is 0 Å². The van der Waals surface area contributed by atoms with Crippen LogP contribution in [0.25, 0.3) is 0 Å². The summed E-state index contributed by atoms with van der Waals surface area (Å²) in [5.74, 6) is 0.401. The maximum atomic E-state index is 5.90. The molecule has 1 rings (SSSR count). The second kappa shape index (κ2) is 5.87. The van der Waals surface area contributed by atoms with Crippen molar-refractivity contribution in [3.63, 3.8) is 0 Å². The Balaban J connectivity index is 2.85. The number of ether oxygens (including phenoxy) is 1. The number of anilines is 1. The van der Waals surface area contributed by atoms with Gasteiger partial charge in [0.05, 0.1) is 12.1 Å². The molecule has 16 heavy (non-hydrogen) atoms. The van der Waals surface area contributed by atoms with Gasteiger partial charge in [0.15, 0.2) is 0 Å². The summed E-state index contributed by atoms with van der Waals surface area (Å²) in [7, 11) is 1.71. The van der Waals surface area contributed by atoms with Crippen LogP contribution in [0.1, 0.15) is 13.8 Å². The topological polar surface area (TPSA) is 47.3 Å². The van der Waals surface area contributed by atoms with Crippen LogP contribution >= 0.6 is 0 Å². The molecule has 0 saturated heterocycles. The molecular formula is C13H22N2O. The van der Waals surface area contributed by atoms with E-state index < -0.39 is 0 Å². The second-order valence-corrected chi connectivity index (χ2v) is 4.44. The molecule has 0 aromatic heterocycles. The first kappa shape index (κ1) is 13.0. The number of hydrogen-bond donors (Lipinski definition) is 2. The van der Waals surface area contributed by atoms with Crippen molar-refractivity contribution < 1.29 is 4.74 Å². The van der Waals surface area contributed by atoms with Crippen molar-refractivity contribution in [1.82, 2.24) is 0 Å². The fourth-order valence-corrected chi connectivity index (χ4v) is 1.76. The van der Waals surface area contributed by atoms with Crippen molar-refractivity contribution in [2.75, 3.05) is 25.6 Å². The van der Waals surface area contributed by atoms with Crippen molar-refractivity contribution in [2.45, 2.75) is 19.4 Å². The molecule has 3 nitrogen and oxygen atoms in total. The number of para-hydroxylation sites is 1. The van der Waals surface area contributed by atoms with Crippen LogP contribution < -0.4 is 11.1 Å². The van der Waals surface area contributed by atoms with Crippen molar-refractivity contribution in [1.29, 1.82) is 0 Å². The average Bonchev–Trinajstić information content (AvgIpc) is 2.29. The standard InChI is InChI=1S/C13H22N2O/c1-11(2)13(9-14,10-16-3)15-12-7-5-4-6-8-12/h4-8,11,15H,9-10,14H2,1-3H3. The van der Waals surface area contributed by atoms with E-state index in [9.17, 15) is 0 Å². The van der Waals surface area contributed by atoms with Crippen LogP contribution in [-0.2, 0) is 4.74 Å². The zero-order valence-corrected chi connectivity index (χ0v) is 10.4. The maximum Gasteiger partial charge on any atom is 0.0751 e. The first-order valence-electron chi connectivity index (χ1n) is 5.67. The lowest BCUT2D eigenvalue weighted by molar-refractivity contribution is 0.121. The van der Waals surface area contributed by atoms with E-state index >= 15 is 0 Å². The Hall–Kier alpha value is -1.06. The highest BCUT2D eigenvalue weighted by atomic mass is 16.5. The van der Waals surface area contributed by atoms with E-state index in [1.807, 2.05) is 30.3 Å². The summed E-state index contributed by atoms with van der Waals surface area (Å²) in [6.45, 7) is 5.47. The lowest BCUT2D eigenvalue weighted by Gasteiger charge is -2.37. The van der Waals surface area contributed by atoms with Crippen molar-refractivity contribution >= 4 is 5.69 Å². The van der Waals surface area contributed by atoms with Crippen LogP contribution in [-0.4, -0.2) is 25.8 Å². The van der Waals surface area contributed by atoms with Gasteiger partial charge in [0.25, 0.3) is 0 Å². The van der Waals surface area contributed by atoms with Crippen LogP contribution in [0, 0.1) is 5.92 Å². The second-order valence-electron chi connectivity index (χ2n) is 4.44. The van der Waals surface area contributed by atoms with E-state index in [-0.39, 0.29) is 5.54 Å². The lowest BCUT2D eigenvalue weighted by Crippen LogP contribution is -2.53. The van der Waals surface area contributed by atoms with Crippen LogP contribution in [0.4, 0.5) is 5.69 Å². The number of rotatable bonds is 6. The van der Waals surface area contributed by atoms with Crippen molar-refractivity contribution in [3.05, 3.63) is 30.3 Å². The molecule has 0 aliphatic rings. The molecule has 0 bridgehead atoms. The fraction of sp³-hybridized carbons (Fsp3) is 0.538. The number of methoxy groups -OCH3 is 1. The number of hydrogen-bond acceptors (Lipinski definition) is 3. The molecule has 0 aliphatic heterocycles. The third kappa shape index (κ3) is 2.97. The lowest BCUT2D eigenvalue weighted by atomic mass is 9.86. The number of benzene rings is 1. The first-order valence-corrected chi connectivity index (χ1v) is 5.67. The molecule has 1 atom stereocenters. The minimum absolute atomic E-state index is 0.198. The highest BCUT2D eigenvalue weighted by molar-refractivity contribution is 5.45. The van der Waals surface area contributed by atoms with Gasteiger partial charge in [0, 0.05) is 19.3 Å². The van der Waals surface area contributed by atoms with Crippen LogP contribution in [0.3, 0.4) is 0 Å². The molecule has 3 heteroatoms. The zero-order chi connectivity index (χ0) is 12.0. The average molecular weight is 222 g/mol. The van der Waals surface area contributed by atoms with Gasteiger partial charge in [-0.25, -0.2) is 0 Å². The summed E-state index contributed by atoms with van der Waals surface area (Å²) in [5, 5.41) is 3.49. The molecule has 0 aliphatic carbocycles. The van der Waals surface area contributed by atoms with Gasteiger partial charge in [-0.1, -0.05) is 32.0 Å². The van der Waals surface area contributed by atoms with Gasteiger partial charge >= 0.3 is 0 Å². The van der Waals surface area contributed by atoms with E-state index in [4.69, 9.17) is 10.5 Å². The molecule has 0 fully saturated rings. The summed E-state index contributed by atoms with van der Waals surface area (Å²) in [5.41, 5.74) is 6.78. The highest BCUT2D eigenvalue weighted by Crippen LogP contribution is 2.22. The van der Waals surface area contributed by atoms with Gasteiger partial charge in [-0.2, -0.15) is 0 Å². The number of nitrogens with one attached hydrogen (secondary N) is 1. The molecule has 0 radical (unpaired) electrons. The summed E-state index contributed by atoms with van der Waals surface area (Å²) < 4.78 is 5.29. The largest absolute Gasteiger partial charge is 0.382 e. The first-order chi connectivity index (χ1) is 7.64. The van der Waals surface area contributed by atoms with Gasteiger partial charge in [0.1, 0.15) is 0 Å². The van der Waals surface area contributed by atoms with E-state index in [0.29, 0.717) is 19.1 Å². The molecule has 1 aromatic rings. The Labute approximate surface area is 98.0 Å². The normalized spacial score (nSPS) is 14.8. The Kier molecular flexibility index (Phi) is 4.77. The Bertz CT molecular complexity index is 300. The smallest absolute Gasteiger partial charge is 0.0751 e. The molecule has 90 valence electrons. The minimum Gasteiger partial charge on any atom is -0.382 e. The molecule has 1 unspecified atom stereocenters. The third-order valence-electron chi connectivity index (χ3n) is 3.04. The van der Waals surface area contributed by atoms with E-state index in [2.05, 4.69) is 19.2 Å². The fourth-order valence-electron chi connectivity index (χ4n) is 1.76. The Morgan fingerprint density at radius 3 is 2.38 bits per heavy atom. The summed E-state index contributed by atoms with van der Waals surface area (Å²) in [4.78, 5) is 0. The van der Waals surface area contributed by atoms with Crippen molar-refractivity contribution in [3.8, 4) is 0 Å². The predicted octanol–water partition coefficient (Wildman–Crippen LogP) is 2.10. The van der Waals surface area contributed by atoms with E-state index in [1.54, 1.807) is 7.11 Å².